The molecule has 1 aromatic heterocycles. The van der Waals surface area contributed by atoms with Crippen LogP contribution >= 0.6 is 0 Å². The molecule has 10 nitrogen and oxygen atoms in total. The van der Waals surface area contributed by atoms with Gasteiger partial charge in [-0.2, -0.15) is 0 Å². The Bertz CT molecular complexity index is 2770. The summed E-state index contributed by atoms with van der Waals surface area (Å²) < 4.78 is 59.4. The molecule has 0 saturated carbocycles. The van der Waals surface area contributed by atoms with Crippen molar-refractivity contribution in [2.75, 3.05) is 13.2 Å². The largest absolute Gasteiger partial charge is 0.484 e. The Kier molecular flexibility index (Phi) is 18.2. The van der Waals surface area contributed by atoms with E-state index in [0.717, 1.165) is 46.2 Å². The average Bonchev–Trinajstić information content (AvgIpc) is 3.38. The van der Waals surface area contributed by atoms with Crippen molar-refractivity contribution >= 4 is 11.0 Å². The molecule has 1 aliphatic heterocycles. The topological polar surface area (TPSA) is 104 Å². The van der Waals surface area contributed by atoms with Crippen LogP contribution in [0, 0.1) is 0 Å². The lowest BCUT2D eigenvalue weighted by Gasteiger charge is -2.45. The highest BCUT2D eigenvalue weighted by Gasteiger charge is 2.50. The Labute approximate surface area is 411 Å². The number of fused-ring (bicyclic) bond motifs is 1. The molecule has 0 N–H and O–H groups in total. The number of rotatable bonds is 24. The van der Waals surface area contributed by atoms with Gasteiger partial charge in [0.05, 0.1) is 38.4 Å². The fourth-order valence-electron chi connectivity index (χ4n) is 8.14. The molecule has 0 unspecified atom stereocenters. The van der Waals surface area contributed by atoms with Gasteiger partial charge in [-0.3, -0.25) is 0 Å². The lowest BCUT2D eigenvalue weighted by molar-refractivity contribution is -0.310. The summed E-state index contributed by atoms with van der Waals surface area (Å²) in [6, 6.07) is 54.9. The maximum Gasteiger partial charge on any atom is 0.383 e. The van der Waals surface area contributed by atoms with E-state index >= 15 is 0 Å². The molecular weight excluding hydrogens is 881 g/mol. The summed E-state index contributed by atoms with van der Waals surface area (Å²) in [6.07, 6.45) is 2.09. The van der Waals surface area contributed by atoms with Crippen LogP contribution in [0.3, 0.4) is 0 Å². The molecule has 0 radical (unpaired) electrons. The summed E-state index contributed by atoms with van der Waals surface area (Å²) in [5.74, 6) is 0.633. The molecule has 2 heterocycles. The maximum absolute atomic E-state index is 13.9. The minimum atomic E-state index is -1.04. The lowest BCUT2D eigenvalue weighted by Crippen LogP contribution is -2.62. The zero-order chi connectivity index (χ0) is 48.3. The van der Waals surface area contributed by atoms with E-state index in [1.807, 2.05) is 158 Å². The zero-order valence-electron chi connectivity index (χ0n) is 40.2. The van der Waals surface area contributed by atoms with Crippen LogP contribution in [-0.2, 0) is 56.7 Å². The molecule has 362 valence electrons. The van der Waals surface area contributed by atoms with Gasteiger partial charge in [-0.1, -0.05) is 169 Å². The van der Waals surface area contributed by atoms with Crippen molar-refractivity contribution in [2.24, 2.45) is 0 Å². The first-order chi connectivity index (χ1) is 34.4. The van der Waals surface area contributed by atoms with Gasteiger partial charge < -0.3 is 42.3 Å². The second-order valence-corrected chi connectivity index (χ2v) is 17.6. The molecule has 5 atom stereocenters. The van der Waals surface area contributed by atoms with Gasteiger partial charge in [0.2, 0.25) is 12.0 Å². The Morgan fingerprint density at radius 3 is 1.61 bits per heavy atom. The highest BCUT2D eigenvalue weighted by Crippen LogP contribution is 2.37. The van der Waals surface area contributed by atoms with E-state index in [-0.39, 0.29) is 50.1 Å². The van der Waals surface area contributed by atoms with E-state index < -0.39 is 36.3 Å². The second kappa shape index (κ2) is 25.7. The third-order valence-electron chi connectivity index (χ3n) is 11.9. The van der Waals surface area contributed by atoms with E-state index in [9.17, 15) is 4.79 Å². The summed E-state index contributed by atoms with van der Waals surface area (Å²) >= 11 is 0. The van der Waals surface area contributed by atoms with Crippen molar-refractivity contribution in [1.29, 1.82) is 0 Å². The van der Waals surface area contributed by atoms with Gasteiger partial charge in [0, 0.05) is 6.07 Å². The molecule has 0 amide bonds. The smallest absolute Gasteiger partial charge is 0.383 e. The third-order valence-corrected chi connectivity index (χ3v) is 11.9. The van der Waals surface area contributed by atoms with Crippen molar-refractivity contribution in [2.45, 2.75) is 97.4 Å². The molecule has 0 spiro atoms. The molecule has 1 fully saturated rings. The van der Waals surface area contributed by atoms with E-state index in [1.54, 1.807) is 18.2 Å². The van der Waals surface area contributed by atoms with Gasteiger partial charge in [-0.15, -0.1) is 0 Å². The molecule has 0 bridgehead atoms. The molecule has 70 heavy (non-hydrogen) atoms. The average molecular weight is 943 g/mol. The van der Waals surface area contributed by atoms with Crippen molar-refractivity contribution in [3.8, 4) is 17.2 Å². The molecule has 10 heteroatoms. The monoisotopic (exact) mass is 942 g/mol. The second-order valence-electron chi connectivity index (χ2n) is 17.6. The van der Waals surface area contributed by atoms with Crippen molar-refractivity contribution < 1.29 is 42.3 Å². The van der Waals surface area contributed by atoms with Crippen LogP contribution < -0.4 is 19.8 Å². The number of benzene rings is 6. The normalized spacial score (nSPS) is 18.0. The molecule has 6 aromatic carbocycles. The van der Waals surface area contributed by atoms with Gasteiger partial charge in [-0.05, 0) is 79.6 Å². The highest BCUT2D eigenvalue weighted by molar-refractivity contribution is 5.86. The van der Waals surface area contributed by atoms with Crippen molar-refractivity contribution in [3.05, 3.63) is 231 Å². The fraction of sp³-hybridized carbons (Fsp3) is 0.283. The quantitative estimate of drug-likeness (QED) is 0.0430. The first-order valence-corrected chi connectivity index (χ1v) is 24.0. The number of hydrogen-bond donors (Lipinski definition) is 0. The third kappa shape index (κ3) is 14.4. The van der Waals surface area contributed by atoms with E-state index in [0.29, 0.717) is 24.3 Å². The van der Waals surface area contributed by atoms with Crippen LogP contribution in [-0.4, -0.2) is 43.9 Å². The zero-order valence-corrected chi connectivity index (χ0v) is 40.2. The summed E-state index contributed by atoms with van der Waals surface area (Å²) in [4.78, 5) is 13.9. The van der Waals surface area contributed by atoms with Crippen LogP contribution in [0.1, 0.15) is 61.4 Å². The molecular formula is C60H62O10. The van der Waals surface area contributed by atoms with Crippen molar-refractivity contribution in [3.63, 3.8) is 0 Å². The molecule has 1 aliphatic rings. The van der Waals surface area contributed by atoms with Gasteiger partial charge >= 0.3 is 5.63 Å². The minimum Gasteiger partial charge on any atom is -0.484 e. The van der Waals surface area contributed by atoms with E-state index in [1.165, 1.54) is 5.57 Å². The van der Waals surface area contributed by atoms with Gasteiger partial charge in [0.15, 0.2) is 5.75 Å². The first-order valence-electron chi connectivity index (χ1n) is 24.0. The number of ether oxygens (including phenoxy) is 8. The van der Waals surface area contributed by atoms with Crippen LogP contribution in [0.5, 0.6) is 17.2 Å². The van der Waals surface area contributed by atoms with E-state index in [4.69, 9.17) is 42.3 Å². The van der Waals surface area contributed by atoms with Crippen LogP contribution in [0.25, 0.3) is 11.0 Å². The Balaban J connectivity index is 1.13. The Morgan fingerprint density at radius 2 is 1.06 bits per heavy atom. The Hall–Kier alpha value is -6.79. The molecule has 0 aliphatic carbocycles. The fourth-order valence-corrected chi connectivity index (χ4v) is 8.14. The Morgan fingerprint density at radius 1 is 0.543 bits per heavy atom. The lowest BCUT2D eigenvalue weighted by atomic mass is 9.97. The summed E-state index contributed by atoms with van der Waals surface area (Å²) in [6.45, 7) is 7.93. The van der Waals surface area contributed by atoms with Crippen LogP contribution in [0.15, 0.2) is 202 Å². The summed E-state index contributed by atoms with van der Waals surface area (Å²) in [5, 5.41) is 0.536. The molecule has 8 rings (SSSR count). The van der Waals surface area contributed by atoms with Gasteiger partial charge in [0.25, 0.3) is 0 Å². The van der Waals surface area contributed by atoms with E-state index in [2.05, 4.69) is 26.8 Å². The highest BCUT2D eigenvalue weighted by atomic mass is 16.7. The standard InChI is InChI=1S/C60H62O10/c1-43(2)20-19-21-44(3)34-35-63-57-54(64-38-46-24-11-5-12-25-46)51-33-32-50(36-52(51)69-59(57)61)68-60-58(67-41-49-30-17-8-18-31-49)56(66-40-48-28-15-7-16-29-48)55(65-39-47-26-13-6-14-27-47)53(70-60)42-62-37-45-22-9-4-10-23-45/h4-18,20,22-34,36,53,55-56,58,60H,19,21,35,37-42H2,1-3H3/b44-34+/t53-,55+,56+,58-,60-/m1/s1. The van der Waals surface area contributed by atoms with Gasteiger partial charge in [-0.25, -0.2) is 4.79 Å². The SMILES string of the molecule is CC(C)=CCC/C(C)=C/COc1c(OCc2ccccc2)c2ccc(O[C@@H]3O[C@H](COCc4ccccc4)[C@H](OCc4ccccc4)[C@H](OCc4ccccc4)[C@H]3OCc3ccccc3)cc2oc1=O. The first kappa shape index (κ1) is 49.6. The number of allylic oxidation sites excluding steroid dienone is 3. The predicted molar refractivity (Wildman–Crippen MR) is 272 cm³/mol. The van der Waals surface area contributed by atoms with Crippen molar-refractivity contribution in [1.82, 2.24) is 0 Å². The summed E-state index contributed by atoms with van der Waals surface area (Å²) in [5.41, 5.74) is 6.88. The minimum absolute atomic E-state index is 0.00580. The molecule has 7 aromatic rings. The maximum atomic E-state index is 13.9. The summed E-state index contributed by atoms with van der Waals surface area (Å²) in [7, 11) is 0. The number of hydrogen-bond acceptors (Lipinski definition) is 10. The predicted octanol–water partition coefficient (Wildman–Crippen LogP) is 12.5. The van der Waals surface area contributed by atoms with Crippen LogP contribution in [0.4, 0.5) is 0 Å². The van der Waals surface area contributed by atoms with Gasteiger partial charge in [0.1, 0.15) is 49.0 Å². The molecule has 1 saturated heterocycles. The van der Waals surface area contributed by atoms with Crippen LogP contribution in [0.2, 0.25) is 0 Å².